The van der Waals surface area contributed by atoms with Gasteiger partial charge in [-0.1, -0.05) is 11.6 Å². The molecule has 0 spiro atoms. The number of hydrogen-bond donors (Lipinski definition) is 2. The number of amides is 2. The summed E-state index contributed by atoms with van der Waals surface area (Å²) in [6, 6.07) is 4.05. The van der Waals surface area contributed by atoms with Crippen LogP contribution in [0.4, 0.5) is 25.0 Å². The average molecular weight is 285 g/mol. The van der Waals surface area contributed by atoms with Crippen molar-refractivity contribution in [1.82, 2.24) is 9.97 Å². The third kappa shape index (κ3) is 3.85. The minimum absolute atomic E-state index is 0.0531. The second-order valence-electron chi connectivity index (χ2n) is 3.45. The Morgan fingerprint density at radius 3 is 2.37 bits per heavy atom. The number of hydrogen-bond acceptors (Lipinski definition) is 3. The quantitative estimate of drug-likeness (QED) is 0.833. The van der Waals surface area contributed by atoms with Gasteiger partial charge in [0.25, 0.3) is 0 Å². The van der Waals surface area contributed by atoms with Gasteiger partial charge < -0.3 is 10.6 Å². The molecule has 0 fully saturated rings. The van der Waals surface area contributed by atoms with Crippen molar-refractivity contribution in [1.29, 1.82) is 0 Å². The molecule has 0 unspecified atom stereocenters. The predicted octanol–water partition coefficient (Wildman–Crippen LogP) is 3.05. The normalized spacial score (nSPS) is 10.1. The number of carbonyl (C=O) groups excluding carboxylic acids is 1. The first kappa shape index (κ1) is 13.2. The van der Waals surface area contributed by atoms with Crippen molar-refractivity contribution in [2.45, 2.75) is 0 Å². The van der Waals surface area contributed by atoms with Crippen LogP contribution in [0.2, 0.25) is 5.15 Å². The minimum Gasteiger partial charge on any atom is -0.308 e. The first-order valence-electron chi connectivity index (χ1n) is 5.05. The number of rotatable bonds is 2. The summed E-state index contributed by atoms with van der Waals surface area (Å²) in [7, 11) is 0. The lowest BCUT2D eigenvalue weighted by molar-refractivity contribution is 0.262. The van der Waals surface area contributed by atoms with Crippen molar-refractivity contribution >= 4 is 29.0 Å². The van der Waals surface area contributed by atoms with E-state index in [1.54, 1.807) is 0 Å². The summed E-state index contributed by atoms with van der Waals surface area (Å²) >= 11 is 5.64. The molecule has 0 atom stereocenters. The van der Waals surface area contributed by atoms with E-state index in [-0.39, 0.29) is 10.8 Å². The first-order chi connectivity index (χ1) is 9.02. The molecule has 19 heavy (non-hydrogen) atoms. The number of halogens is 3. The lowest BCUT2D eigenvalue weighted by Gasteiger charge is -2.07. The van der Waals surface area contributed by atoms with Gasteiger partial charge in [0.15, 0.2) is 0 Å². The molecule has 2 amide bonds. The number of pyridine rings is 2. The SMILES string of the molecule is O=C(Nc1cc(F)nc(F)c1)Nc1ccnc(Cl)c1. The molecule has 0 saturated carbocycles. The molecule has 0 aliphatic heterocycles. The monoisotopic (exact) mass is 284 g/mol. The van der Waals surface area contributed by atoms with Crippen molar-refractivity contribution in [3.05, 3.63) is 47.5 Å². The highest BCUT2D eigenvalue weighted by atomic mass is 35.5. The van der Waals surface area contributed by atoms with Crippen molar-refractivity contribution < 1.29 is 13.6 Å². The van der Waals surface area contributed by atoms with Gasteiger partial charge in [0.1, 0.15) is 5.15 Å². The number of nitrogens with one attached hydrogen (secondary N) is 2. The summed E-state index contributed by atoms with van der Waals surface area (Å²) in [6.45, 7) is 0. The fourth-order valence-corrected chi connectivity index (χ4v) is 1.48. The van der Waals surface area contributed by atoms with E-state index in [4.69, 9.17) is 11.6 Å². The maximum Gasteiger partial charge on any atom is 0.323 e. The Morgan fingerprint density at radius 1 is 1.11 bits per heavy atom. The molecule has 0 radical (unpaired) electrons. The van der Waals surface area contributed by atoms with Crippen molar-refractivity contribution in [3.8, 4) is 0 Å². The van der Waals surface area contributed by atoms with Crippen LogP contribution in [0.15, 0.2) is 30.5 Å². The Kier molecular flexibility index (Phi) is 3.86. The standard InChI is InChI=1S/C11H7ClF2N4O/c12-8-3-6(1-2-15-8)16-11(19)17-7-4-9(13)18-10(14)5-7/h1-5H,(H2,15,16,17,18,19). The van der Waals surface area contributed by atoms with Crippen LogP contribution in [0, 0.1) is 11.9 Å². The predicted molar refractivity (Wildman–Crippen MR) is 66.0 cm³/mol. The van der Waals surface area contributed by atoms with E-state index in [1.165, 1.54) is 18.3 Å². The highest BCUT2D eigenvalue weighted by molar-refractivity contribution is 6.29. The van der Waals surface area contributed by atoms with Gasteiger partial charge in [-0.3, -0.25) is 0 Å². The molecule has 0 saturated heterocycles. The Balaban J connectivity index is 2.05. The molecule has 2 heterocycles. The molecule has 0 aliphatic rings. The van der Waals surface area contributed by atoms with E-state index in [1.807, 2.05) is 0 Å². The first-order valence-corrected chi connectivity index (χ1v) is 5.43. The molecule has 5 nitrogen and oxygen atoms in total. The van der Waals surface area contributed by atoms with Gasteiger partial charge in [0, 0.05) is 24.0 Å². The van der Waals surface area contributed by atoms with E-state index in [0.717, 1.165) is 12.1 Å². The highest BCUT2D eigenvalue weighted by Gasteiger charge is 2.06. The van der Waals surface area contributed by atoms with Crippen molar-refractivity contribution in [2.75, 3.05) is 10.6 Å². The maximum absolute atomic E-state index is 12.8. The molecular weight excluding hydrogens is 278 g/mol. The maximum atomic E-state index is 12.8. The molecule has 2 aromatic heterocycles. The summed E-state index contributed by atoms with van der Waals surface area (Å²) in [5.74, 6) is -2.05. The van der Waals surface area contributed by atoms with E-state index in [2.05, 4.69) is 20.6 Å². The van der Waals surface area contributed by atoms with Crippen LogP contribution in [0.25, 0.3) is 0 Å². The molecule has 2 rings (SSSR count). The smallest absolute Gasteiger partial charge is 0.308 e. The summed E-state index contributed by atoms with van der Waals surface area (Å²) in [6.07, 6.45) is 1.41. The van der Waals surface area contributed by atoms with Gasteiger partial charge in [0.05, 0.1) is 5.69 Å². The van der Waals surface area contributed by atoms with E-state index in [9.17, 15) is 13.6 Å². The summed E-state index contributed by atoms with van der Waals surface area (Å²) < 4.78 is 25.6. The van der Waals surface area contributed by atoms with Crippen molar-refractivity contribution in [2.24, 2.45) is 0 Å². The van der Waals surface area contributed by atoms with Gasteiger partial charge in [-0.05, 0) is 12.1 Å². The highest BCUT2D eigenvalue weighted by Crippen LogP contribution is 2.13. The number of aromatic nitrogens is 2. The molecule has 8 heteroatoms. The average Bonchev–Trinajstić information content (AvgIpc) is 2.26. The van der Waals surface area contributed by atoms with Gasteiger partial charge in [0.2, 0.25) is 11.9 Å². The lowest BCUT2D eigenvalue weighted by atomic mass is 10.4. The number of carbonyl (C=O) groups is 1. The zero-order chi connectivity index (χ0) is 13.8. The Labute approximate surface area is 111 Å². The Hall–Kier alpha value is -2.28. The largest absolute Gasteiger partial charge is 0.323 e. The molecule has 0 aromatic carbocycles. The van der Waals surface area contributed by atoms with Crippen LogP contribution >= 0.6 is 11.6 Å². The van der Waals surface area contributed by atoms with E-state index in [0.29, 0.717) is 5.69 Å². The second kappa shape index (κ2) is 5.57. The van der Waals surface area contributed by atoms with E-state index < -0.39 is 17.9 Å². The molecular formula is C11H7ClF2N4O. The third-order valence-corrected chi connectivity index (χ3v) is 2.21. The van der Waals surface area contributed by atoms with Crippen LogP contribution < -0.4 is 10.6 Å². The van der Waals surface area contributed by atoms with Crippen LogP contribution in [0.3, 0.4) is 0 Å². The molecule has 2 N–H and O–H groups in total. The molecule has 98 valence electrons. The molecule has 0 bridgehead atoms. The topological polar surface area (TPSA) is 66.9 Å². The van der Waals surface area contributed by atoms with Gasteiger partial charge >= 0.3 is 6.03 Å². The second-order valence-corrected chi connectivity index (χ2v) is 3.83. The summed E-state index contributed by atoms with van der Waals surface area (Å²) in [5, 5.41) is 4.90. The zero-order valence-corrected chi connectivity index (χ0v) is 10.1. The number of nitrogens with zero attached hydrogens (tertiary/aromatic N) is 2. The Morgan fingerprint density at radius 2 is 1.74 bits per heavy atom. The van der Waals surface area contributed by atoms with Crippen LogP contribution in [-0.4, -0.2) is 16.0 Å². The van der Waals surface area contributed by atoms with Gasteiger partial charge in [-0.25, -0.2) is 9.78 Å². The van der Waals surface area contributed by atoms with Crippen LogP contribution in [0.5, 0.6) is 0 Å². The fraction of sp³-hybridized carbons (Fsp3) is 0. The van der Waals surface area contributed by atoms with Gasteiger partial charge in [-0.15, -0.1) is 0 Å². The van der Waals surface area contributed by atoms with Crippen LogP contribution in [-0.2, 0) is 0 Å². The van der Waals surface area contributed by atoms with Gasteiger partial charge in [-0.2, -0.15) is 13.8 Å². The van der Waals surface area contributed by atoms with E-state index >= 15 is 0 Å². The third-order valence-electron chi connectivity index (χ3n) is 2.01. The summed E-state index contributed by atoms with van der Waals surface area (Å²) in [5.41, 5.74) is 0.343. The van der Waals surface area contributed by atoms with Crippen LogP contribution in [0.1, 0.15) is 0 Å². The van der Waals surface area contributed by atoms with Crippen molar-refractivity contribution in [3.63, 3.8) is 0 Å². The fourth-order valence-electron chi connectivity index (χ4n) is 1.31. The lowest BCUT2D eigenvalue weighted by Crippen LogP contribution is -2.19. The number of anilines is 2. The Bertz CT molecular complexity index is 603. The zero-order valence-electron chi connectivity index (χ0n) is 9.32. The molecule has 0 aliphatic carbocycles. The molecule has 2 aromatic rings. The minimum atomic E-state index is -1.03. The summed E-state index contributed by atoms with van der Waals surface area (Å²) in [4.78, 5) is 18.2. The number of urea groups is 1.